The molecular weight excluding hydrogens is 292 g/mol. The van der Waals surface area contributed by atoms with Crippen molar-refractivity contribution in [2.45, 2.75) is 17.7 Å². The second-order valence-electron chi connectivity index (χ2n) is 4.83. The number of nitrogens with one attached hydrogen (secondary N) is 2. The third-order valence-electron chi connectivity index (χ3n) is 3.08. The summed E-state index contributed by atoms with van der Waals surface area (Å²) < 4.78 is 26.5. The molecule has 2 rings (SSSR count). The summed E-state index contributed by atoms with van der Waals surface area (Å²) in [6.07, 6.45) is 1.79. The van der Waals surface area contributed by atoms with Crippen LogP contribution in [0.25, 0.3) is 0 Å². The number of sulfonamides is 1. The number of benzene rings is 1. The van der Waals surface area contributed by atoms with Gasteiger partial charge in [-0.15, -0.1) is 0 Å². The third kappa shape index (κ3) is 3.93. The van der Waals surface area contributed by atoms with Crippen molar-refractivity contribution < 1.29 is 13.2 Å². The van der Waals surface area contributed by atoms with Gasteiger partial charge < -0.3 is 11.1 Å². The Morgan fingerprint density at radius 3 is 2.71 bits per heavy atom. The van der Waals surface area contributed by atoms with Gasteiger partial charge in [0.1, 0.15) is 6.07 Å². The molecule has 1 aliphatic carbocycles. The Bertz CT molecular complexity index is 690. The van der Waals surface area contributed by atoms with Crippen molar-refractivity contribution in [2.24, 2.45) is 5.92 Å². The van der Waals surface area contributed by atoms with Crippen molar-refractivity contribution >= 4 is 21.6 Å². The van der Waals surface area contributed by atoms with E-state index in [0.29, 0.717) is 5.69 Å². The first-order valence-corrected chi connectivity index (χ1v) is 7.99. The molecule has 112 valence electrons. The van der Waals surface area contributed by atoms with Gasteiger partial charge in [-0.25, -0.2) is 13.1 Å². The lowest BCUT2D eigenvalue weighted by Crippen LogP contribution is -2.35. The fourth-order valence-electron chi connectivity index (χ4n) is 1.81. The maximum Gasteiger partial charge on any atom is 0.241 e. The summed E-state index contributed by atoms with van der Waals surface area (Å²) in [5.74, 6) is 0.0447. The molecule has 0 heterocycles. The van der Waals surface area contributed by atoms with Crippen LogP contribution in [0.3, 0.4) is 0 Å². The molecule has 0 atom stereocenters. The third-order valence-corrected chi connectivity index (χ3v) is 4.60. The molecule has 1 fully saturated rings. The number of nitrogens with zero attached hydrogens (tertiary/aromatic N) is 1. The minimum absolute atomic E-state index is 0.00971. The molecule has 0 saturated heterocycles. The molecule has 0 aromatic heterocycles. The van der Waals surface area contributed by atoms with Crippen molar-refractivity contribution in [3.8, 4) is 6.07 Å². The van der Waals surface area contributed by atoms with Crippen molar-refractivity contribution in [2.75, 3.05) is 18.8 Å². The molecule has 1 aromatic rings. The van der Waals surface area contributed by atoms with Crippen molar-refractivity contribution in [1.82, 2.24) is 10.0 Å². The standard InChI is InChI=1S/C13H16N4O3S/c14-8-10-7-11(15)3-4-12(10)21(19,20)17-6-5-16-13(18)9-1-2-9/h3-4,7,9,17H,1-2,5-6,15H2,(H,16,18). The molecule has 1 saturated carbocycles. The summed E-state index contributed by atoms with van der Waals surface area (Å²) in [4.78, 5) is 11.3. The molecule has 1 aromatic carbocycles. The number of hydrogen-bond donors (Lipinski definition) is 3. The van der Waals surface area contributed by atoms with E-state index in [1.54, 1.807) is 6.07 Å². The number of carbonyl (C=O) groups excluding carboxylic acids is 1. The topological polar surface area (TPSA) is 125 Å². The van der Waals surface area contributed by atoms with Crippen LogP contribution in [0.2, 0.25) is 0 Å². The Labute approximate surface area is 123 Å². The Kier molecular flexibility index (Phi) is 4.45. The van der Waals surface area contributed by atoms with Gasteiger partial charge in [0.25, 0.3) is 0 Å². The van der Waals surface area contributed by atoms with Crippen LogP contribution in [0, 0.1) is 17.2 Å². The van der Waals surface area contributed by atoms with Gasteiger partial charge in [0, 0.05) is 24.7 Å². The summed E-state index contributed by atoms with van der Waals surface area (Å²) in [6.45, 7) is 0.279. The van der Waals surface area contributed by atoms with Crippen LogP contribution < -0.4 is 15.8 Å². The van der Waals surface area contributed by atoms with Gasteiger partial charge in [0.2, 0.25) is 15.9 Å². The highest BCUT2D eigenvalue weighted by Gasteiger charge is 2.29. The quantitative estimate of drug-likeness (QED) is 0.501. The van der Waals surface area contributed by atoms with E-state index in [4.69, 9.17) is 11.0 Å². The zero-order valence-corrected chi connectivity index (χ0v) is 12.1. The molecule has 4 N–H and O–H groups in total. The lowest BCUT2D eigenvalue weighted by Gasteiger charge is -2.09. The van der Waals surface area contributed by atoms with Gasteiger partial charge >= 0.3 is 0 Å². The van der Waals surface area contributed by atoms with E-state index in [-0.39, 0.29) is 35.4 Å². The number of rotatable bonds is 6. The number of hydrogen-bond acceptors (Lipinski definition) is 5. The number of nitriles is 1. The highest BCUT2D eigenvalue weighted by Crippen LogP contribution is 2.28. The van der Waals surface area contributed by atoms with Gasteiger partial charge in [-0.2, -0.15) is 5.26 Å². The molecule has 1 amide bonds. The first kappa shape index (κ1) is 15.3. The second kappa shape index (κ2) is 6.11. The summed E-state index contributed by atoms with van der Waals surface area (Å²) in [5, 5.41) is 11.6. The predicted molar refractivity (Wildman–Crippen MR) is 76.5 cm³/mol. The average molecular weight is 308 g/mol. The van der Waals surface area contributed by atoms with E-state index in [2.05, 4.69) is 10.0 Å². The van der Waals surface area contributed by atoms with Gasteiger partial charge in [-0.05, 0) is 31.0 Å². The molecular formula is C13H16N4O3S. The Morgan fingerprint density at radius 2 is 2.10 bits per heavy atom. The normalized spacial score (nSPS) is 14.4. The summed E-state index contributed by atoms with van der Waals surface area (Å²) >= 11 is 0. The Balaban J connectivity index is 1.95. The van der Waals surface area contributed by atoms with Crippen molar-refractivity contribution in [3.05, 3.63) is 23.8 Å². The number of amides is 1. The summed E-state index contributed by atoms with van der Waals surface area (Å²) in [6, 6.07) is 5.83. The maximum atomic E-state index is 12.1. The molecule has 1 aliphatic rings. The van der Waals surface area contributed by atoms with Crippen LogP contribution in [-0.2, 0) is 14.8 Å². The number of anilines is 1. The van der Waals surface area contributed by atoms with Crippen molar-refractivity contribution in [3.63, 3.8) is 0 Å². The van der Waals surface area contributed by atoms with Crippen LogP contribution in [-0.4, -0.2) is 27.4 Å². The second-order valence-corrected chi connectivity index (χ2v) is 6.57. The van der Waals surface area contributed by atoms with E-state index < -0.39 is 10.0 Å². The molecule has 0 radical (unpaired) electrons. The van der Waals surface area contributed by atoms with E-state index in [9.17, 15) is 13.2 Å². The molecule has 8 heteroatoms. The monoisotopic (exact) mass is 308 g/mol. The van der Waals surface area contributed by atoms with E-state index >= 15 is 0 Å². The summed E-state index contributed by atoms with van der Waals surface area (Å²) in [5.41, 5.74) is 5.83. The number of nitrogen functional groups attached to an aromatic ring is 1. The fraction of sp³-hybridized carbons (Fsp3) is 0.385. The first-order valence-electron chi connectivity index (χ1n) is 6.51. The van der Waals surface area contributed by atoms with E-state index in [0.717, 1.165) is 12.8 Å². The summed E-state index contributed by atoms with van der Waals surface area (Å²) in [7, 11) is -3.80. The fourth-order valence-corrected chi connectivity index (χ4v) is 2.98. The van der Waals surface area contributed by atoms with Crippen LogP contribution in [0.4, 0.5) is 5.69 Å². The lowest BCUT2D eigenvalue weighted by molar-refractivity contribution is -0.122. The minimum atomic E-state index is -3.80. The SMILES string of the molecule is N#Cc1cc(N)ccc1S(=O)(=O)NCCNC(=O)C1CC1. The zero-order valence-electron chi connectivity index (χ0n) is 11.3. The van der Waals surface area contributed by atoms with Gasteiger partial charge in [0.05, 0.1) is 10.5 Å². The van der Waals surface area contributed by atoms with Gasteiger partial charge in [-0.3, -0.25) is 4.79 Å². The predicted octanol–water partition coefficient (Wildman–Crippen LogP) is -0.0550. The minimum Gasteiger partial charge on any atom is -0.399 e. The highest BCUT2D eigenvalue weighted by atomic mass is 32.2. The highest BCUT2D eigenvalue weighted by molar-refractivity contribution is 7.89. The van der Waals surface area contributed by atoms with Gasteiger partial charge in [0.15, 0.2) is 0 Å². The molecule has 0 bridgehead atoms. The van der Waals surface area contributed by atoms with Gasteiger partial charge in [-0.1, -0.05) is 0 Å². The number of carbonyl (C=O) groups is 1. The Morgan fingerprint density at radius 1 is 1.38 bits per heavy atom. The largest absolute Gasteiger partial charge is 0.399 e. The zero-order chi connectivity index (χ0) is 15.5. The van der Waals surface area contributed by atoms with E-state index in [1.165, 1.54) is 18.2 Å². The lowest BCUT2D eigenvalue weighted by atomic mass is 10.2. The molecule has 7 nitrogen and oxygen atoms in total. The van der Waals surface area contributed by atoms with Crippen molar-refractivity contribution in [1.29, 1.82) is 5.26 Å². The van der Waals surface area contributed by atoms with Crippen LogP contribution in [0.1, 0.15) is 18.4 Å². The first-order chi connectivity index (χ1) is 9.94. The smallest absolute Gasteiger partial charge is 0.241 e. The molecule has 0 spiro atoms. The molecule has 21 heavy (non-hydrogen) atoms. The van der Waals surface area contributed by atoms with E-state index in [1.807, 2.05) is 0 Å². The average Bonchev–Trinajstić information content (AvgIpc) is 3.27. The Hall–Kier alpha value is -2.11. The molecule has 0 unspecified atom stereocenters. The van der Waals surface area contributed by atoms with Crippen LogP contribution >= 0.6 is 0 Å². The van der Waals surface area contributed by atoms with Crippen LogP contribution in [0.5, 0.6) is 0 Å². The number of nitrogens with two attached hydrogens (primary N) is 1. The van der Waals surface area contributed by atoms with Crippen LogP contribution in [0.15, 0.2) is 23.1 Å². The maximum absolute atomic E-state index is 12.1. The molecule has 0 aliphatic heterocycles.